The Balaban J connectivity index is 1.65. The van der Waals surface area contributed by atoms with Crippen LogP contribution < -0.4 is 5.32 Å². The van der Waals surface area contributed by atoms with Crippen molar-refractivity contribution in [2.45, 2.75) is 32.7 Å². The number of aromatic nitrogens is 3. The molecule has 0 radical (unpaired) electrons. The largest absolute Gasteiger partial charge is 0.382 e. The number of anilines is 1. The minimum atomic E-state index is -0.534. The fourth-order valence-electron chi connectivity index (χ4n) is 3.33. The highest BCUT2D eigenvalue weighted by Crippen LogP contribution is 2.28. The van der Waals surface area contributed by atoms with Gasteiger partial charge in [0.1, 0.15) is 12.4 Å². The van der Waals surface area contributed by atoms with Gasteiger partial charge in [-0.15, -0.1) is 0 Å². The Hall–Kier alpha value is -2.95. The van der Waals surface area contributed by atoms with E-state index >= 15 is 0 Å². The molecule has 1 saturated heterocycles. The highest BCUT2D eigenvalue weighted by molar-refractivity contribution is 5.72. The van der Waals surface area contributed by atoms with Crippen molar-refractivity contribution in [1.29, 1.82) is 5.26 Å². The third-order valence-electron chi connectivity index (χ3n) is 4.61. The second-order valence-corrected chi connectivity index (χ2v) is 7.13. The average Bonchev–Trinajstić information content (AvgIpc) is 3.25. The van der Waals surface area contributed by atoms with E-state index in [-0.39, 0.29) is 6.10 Å². The summed E-state index contributed by atoms with van der Waals surface area (Å²) in [7, 11) is 0. The number of hydrogen-bond donors (Lipinski definition) is 1. The van der Waals surface area contributed by atoms with Crippen LogP contribution in [0.2, 0.25) is 0 Å². The van der Waals surface area contributed by atoms with Crippen LogP contribution >= 0.6 is 0 Å². The van der Waals surface area contributed by atoms with Gasteiger partial charge in [0.15, 0.2) is 11.4 Å². The maximum atomic E-state index is 9.11. The first-order valence-corrected chi connectivity index (χ1v) is 8.86. The number of hydrogen-bond acceptors (Lipinski definition) is 6. The zero-order valence-electron chi connectivity index (χ0n) is 15.6. The monoisotopic (exact) mass is 363 g/mol. The molecule has 1 aromatic carbocycles. The summed E-state index contributed by atoms with van der Waals surface area (Å²) in [5.41, 5.74) is 5.26. The predicted molar refractivity (Wildman–Crippen MR) is 101 cm³/mol. The third-order valence-corrected chi connectivity index (χ3v) is 4.61. The quantitative estimate of drug-likeness (QED) is 0.767. The minimum Gasteiger partial charge on any atom is -0.382 e. The van der Waals surface area contributed by atoms with Gasteiger partial charge in [-0.05, 0) is 44.5 Å². The van der Waals surface area contributed by atoms with Gasteiger partial charge in [-0.1, -0.05) is 6.07 Å². The van der Waals surface area contributed by atoms with E-state index in [4.69, 9.17) is 14.7 Å². The van der Waals surface area contributed by atoms with E-state index in [1.165, 1.54) is 6.33 Å². The zero-order chi connectivity index (χ0) is 19.0. The lowest BCUT2D eigenvalue weighted by Gasteiger charge is -2.18. The van der Waals surface area contributed by atoms with E-state index < -0.39 is 5.79 Å². The number of aryl methyl sites for hydroxylation is 1. The van der Waals surface area contributed by atoms with Crippen molar-refractivity contribution in [3.8, 4) is 17.3 Å². The zero-order valence-corrected chi connectivity index (χ0v) is 15.6. The van der Waals surface area contributed by atoms with Gasteiger partial charge in [0.25, 0.3) is 0 Å². The number of pyridine rings is 1. The van der Waals surface area contributed by atoms with Crippen LogP contribution in [0.5, 0.6) is 0 Å². The van der Waals surface area contributed by atoms with Crippen LogP contribution in [0.4, 0.5) is 5.69 Å². The van der Waals surface area contributed by atoms with Crippen LogP contribution in [0.1, 0.15) is 25.0 Å². The maximum Gasteiger partial charge on any atom is 0.163 e. The third kappa shape index (κ3) is 3.50. The first-order chi connectivity index (χ1) is 12.9. The Kier molecular flexibility index (Phi) is 4.30. The number of fused-ring (bicyclic) bond motifs is 1. The van der Waals surface area contributed by atoms with Crippen molar-refractivity contribution in [2.24, 2.45) is 0 Å². The number of benzene rings is 1. The van der Waals surface area contributed by atoms with Crippen molar-refractivity contribution >= 4 is 11.3 Å². The molecule has 2 aromatic heterocycles. The molecule has 1 N–H and O–H groups in total. The first-order valence-electron chi connectivity index (χ1n) is 8.86. The van der Waals surface area contributed by atoms with Crippen LogP contribution in [-0.2, 0) is 9.47 Å². The molecule has 1 unspecified atom stereocenters. The summed E-state index contributed by atoms with van der Waals surface area (Å²) in [5, 5.41) is 16.9. The average molecular weight is 363 g/mol. The molecule has 0 spiro atoms. The van der Waals surface area contributed by atoms with Crippen molar-refractivity contribution in [1.82, 2.24) is 14.6 Å². The molecule has 3 heterocycles. The van der Waals surface area contributed by atoms with Gasteiger partial charge in [0.2, 0.25) is 0 Å². The molecular weight excluding hydrogens is 342 g/mol. The smallest absolute Gasteiger partial charge is 0.163 e. The molecule has 138 valence electrons. The predicted octanol–water partition coefficient (Wildman–Crippen LogP) is 3.14. The normalized spacial score (nSPS) is 18.5. The topological polar surface area (TPSA) is 84.5 Å². The summed E-state index contributed by atoms with van der Waals surface area (Å²) in [6, 6.07) is 11.8. The molecule has 0 saturated carbocycles. The van der Waals surface area contributed by atoms with Crippen LogP contribution in [0, 0.1) is 18.3 Å². The van der Waals surface area contributed by atoms with Crippen LogP contribution in [0.3, 0.4) is 0 Å². The van der Waals surface area contributed by atoms with Crippen molar-refractivity contribution < 1.29 is 9.47 Å². The van der Waals surface area contributed by atoms with E-state index in [9.17, 15) is 0 Å². The van der Waals surface area contributed by atoms with Gasteiger partial charge in [-0.3, -0.25) is 0 Å². The maximum absolute atomic E-state index is 9.11. The minimum absolute atomic E-state index is 0.00538. The molecule has 7 heteroatoms. The Morgan fingerprint density at radius 2 is 2.19 bits per heavy atom. The van der Waals surface area contributed by atoms with Gasteiger partial charge in [-0.2, -0.15) is 10.4 Å². The van der Waals surface area contributed by atoms with Gasteiger partial charge >= 0.3 is 0 Å². The fourth-order valence-corrected chi connectivity index (χ4v) is 3.33. The highest BCUT2D eigenvalue weighted by atomic mass is 16.7. The Morgan fingerprint density at radius 3 is 2.89 bits per heavy atom. The van der Waals surface area contributed by atoms with E-state index in [1.54, 1.807) is 4.52 Å². The Bertz CT molecular complexity index is 1030. The molecule has 1 aliphatic rings. The lowest BCUT2D eigenvalue weighted by atomic mass is 10.0. The van der Waals surface area contributed by atoms with E-state index in [2.05, 4.69) is 21.5 Å². The van der Waals surface area contributed by atoms with Crippen LogP contribution in [-0.4, -0.2) is 39.6 Å². The standard InChI is InChI=1S/C20H21N5O2/c1-13-6-14(9-21)4-5-17(13)18-7-15(8-19-23-12-24-25(18)19)22-10-16-11-26-20(2,3)27-16/h4-8,12,16,22H,10-11H2,1-3H3. The van der Waals surface area contributed by atoms with E-state index in [0.29, 0.717) is 18.7 Å². The fraction of sp³-hybridized carbons (Fsp3) is 0.350. The summed E-state index contributed by atoms with van der Waals surface area (Å²) in [6.45, 7) is 7.03. The number of rotatable bonds is 4. The van der Waals surface area contributed by atoms with Gasteiger partial charge < -0.3 is 14.8 Å². The molecular formula is C20H21N5O2. The van der Waals surface area contributed by atoms with Gasteiger partial charge in [-0.25, -0.2) is 9.50 Å². The van der Waals surface area contributed by atoms with Crippen molar-refractivity contribution in [3.63, 3.8) is 0 Å². The lowest BCUT2D eigenvalue weighted by molar-refractivity contribution is -0.136. The van der Waals surface area contributed by atoms with E-state index in [0.717, 1.165) is 28.2 Å². The number of nitriles is 1. The summed E-state index contributed by atoms with van der Waals surface area (Å²) in [4.78, 5) is 4.34. The van der Waals surface area contributed by atoms with Crippen molar-refractivity contribution in [3.05, 3.63) is 47.8 Å². The Morgan fingerprint density at radius 1 is 1.33 bits per heavy atom. The summed E-state index contributed by atoms with van der Waals surface area (Å²) in [6.07, 6.45) is 1.53. The summed E-state index contributed by atoms with van der Waals surface area (Å²) < 4.78 is 13.3. The molecule has 4 rings (SSSR count). The molecule has 1 atom stereocenters. The molecule has 27 heavy (non-hydrogen) atoms. The summed E-state index contributed by atoms with van der Waals surface area (Å²) >= 11 is 0. The molecule has 7 nitrogen and oxygen atoms in total. The highest BCUT2D eigenvalue weighted by Gasteiger charge is 2.32. The molecule has 0 aliphatic carbocycles. The molecule has 1 fully saturated rings. The second-order valence-electron chi connectivity index (χ2n) is 7.13. The van der Waals surface area contributed by atoms with Gasteiger partial charge in [0, 0.05) is 23.9 Å². The lowest BCUT2D eigenvalue weighted by Crippen LogP contribution is -2.26. The molecule has 0 amide bonds. The molecule has 1 aliphatic heterocycles. The number of ether oxygens (including phenoxy) is 2. The van der Waals surface area contributed by atoms with Gasteiger partial charge in [0.05, 0.1) is 23.9 Å². The number of nitrogens with zero attached hydrogens (tertiary/aromatic N) is 4. The van der Waals surface area contributed by atoms with Crippen LogP contribution in [0.15, 0.2) is 36.7 Å². The second kappa shape index (κ2) is 6.65. The summed E-state index contributed by atoms with van der Waals surface area (Å²) in [5.74, 6) is -0.534. The van der Waals surface area contributed by atoms with Crippen molar-refractivity contribution in [2.75, 3.05) is 18.5 Å². The SMILES string of the molecule is Cc1cc(C#N)ccc1-c1cc(NCC2COC(C)(C)O2)cc2ncnn12. The Labute approximate surface area is 157 Å². The number of nitrogens with one attached hydrogen (secondary N) is 1. The first kappa shape index (κ1) is 17.5. The van der Waals surface area contributed by atoms with E-state index in [1.807, 2.05) is 51.1 Å². The molecule has 0 bridgehead atoms. The molecule has 3 aromatic rings. The van der Waals surface area contributed by atoms with Crippen LogP contribution in [0.25, 0.3) is 16.9 Å².